The first-order valence-electron chi connectivity index (χ1n) is 4.55. The SMILES string of the molecule is CC(C)C(=O)N(C)c1ccc(F)cc1. The van der Waals surface area contributed by atoms with Gasteiger partial charge in [0.15, 0.2) is 0 Å². The number of hydrogen-bond donors (Lipinski definition) is 0. The molecular weight excluding hydrogens is 181 g/mol. The summed E-state index contributed by atoms with van der Waals surface area (Å²) in [6, 6.07) is 5.88. The van der Waals surface area contributed by atoms with Crippen molar-refractivity contribution in [3.8, 4) is 0 Å². The van der Waals surface area contributed by atoms with Crippen molar-refractivity contribution in [2.24, 2.45) is 5.92 Å². The molecule has 0 heterocycles. The quantitative estimate of drug-likeness (QED) is 0.709. The third kappa shape index (κ3) is 2.31. The third-order valence-electron chi connectivity index (χ3n) is 2.04. The molecule has 0 aliphatic heterocycles. The van der Waals surface area contributed by atoms with Crippen molar-refractivity contribution in [1.29, 1.82) is 0 Å². The van der Waals surface area contributed by atoms with E-state index in [-0.39, 0.29) is 17.6 Å². The molecule has 2 nitrogen and oxygen atoms in total. The molecule has 0 fully saturated rings. The molecule has 0 atom stereocenters. The zero-order valence-electron chi connectivity index (χ0n) is 8.62. The minimum Gasteiger partial charge on any atom is -0.315 e. The Hall–Kier alpha value is -1.38. The van der Waals surface area contributed by atoms with Crippen LogP contribution in [0.3, 0.4) is 0 Å². The highest BCUT2D eigenvalue weighted by atomic mass is 19.1. The van der Waals surface area contributed by atoms with E-state index in [1.165, 1.54) is 17.0 Å². The molecule has 14 heavy (non-hydrogen) atoms. The van der Waals surface area contributed by atoms with E-state index >= 15 is 0 Å². The van der Waals surface area contributed by atoms with Crippen LogP contribution in [0, 0.1) is 11.7 Å². The Kier molecular flexibility index (Phi) is 3.23. The van der Waals surface area contributed by atoms with Crippen molar-refractivity contribution in [1.82, 2.24) is 0 Å². The van der Waals surface area contributed by atoms with Gasteiger partial charge in [0, 0.05) is 18.7 Å². The molecule has 0 bridgehead atoms. The Balaban J connectivity index is 2.84. The Morgan fingerprint density at radius 3 is 2.21 bits per heavy atom. The fourth-order valence-corrected chi connectivity index (χ4v) is 1.18. The topological polar surface area (TPSA) is 20.3 Å². The minimum absolute atomic E-state index is 0.0246. The molecule has 1 aromatic carbocycles. The van der Waals surface area contributed by atoms with Crippen LogP contribution < -0.4 is 4.90 Å². The molecule has 0 saturated carbocycles. The highest BCUT2D eigenvalue weighted by Gasteiger charge is 2.13. The van der Waals surface area contributed by atoms with Crippen LogP contribution in [-0.4, -0.2) is 13.0 Å². The Bertz CT molecular complexity index is 319. The van der Waals surface area contributed by atoms with Gasteiger partial charge >= 0.3 is 0 Å². The number of rotatable bonds is 2. The van der Waals surface area contributed by atoms with E-state index < -0.39 is 0 Å². The second-order valence-electron chi connectivity index (χ2n) is 3.53. The molecule has 0 unspecified atom stereocenters. The molecule has 76 valence electrons. The largest absolute Gasteiger partial charge is 0.315 e. The molecule has 1 aromatic rings. The van der Waals surface area contributed by atoms with Gasteiger partial charge < -0.3 is 4.90 Å². The maximum atomic E-state index is 12.6. The van der Waals surface area contributed by atoms with Gasteiger partial charge in [0.25, 0.3) is 0 Å². The van der Waals surface area contributed by atoms with E-state index in [0.717, 1.165) is 0 Å². The van der Waals surface area contributed by atoms with Crippen LogP contribution in [0.2, 0.25) is 0 Å². The van der Waals surface area contributed by atoms with Gasteiger partial charge in [0.1, 0.15) is 5.82 Å². The summed E-state index contributed by atoms with van der Waals surface area (Å²) in [6.07, 6.45) is 0. The predicted molar refractivity (Wildman–Crippen MR) is 54.6 cm³/mol. The summed E-state index contributed by atoms with van der Waals surface area (Å²) in [5, 5.41) is 0. The summed E-state index contributed by atoms with van der Waals surface area (Å²) < 4.78 is 12.6. The summed E-state index contributed by atoms with van der Waals surface area (Å²) in [4.78, 5) is 13.1. The Labute approximate surface area is 83.3 Å². The van der Waals surface area contributed by atoms with Crippen LogP contribution in [0.25, 0.3) is 0 Å². The van der Waals surface area contributed by atoms with E-state index in [0.29, 0.717) is 5.69 Å². The van der Waals surface area contributed by atoms with Crippen molar-refractivity contribution in [3.05, 3.63) is 30.1 Å². The molecule has 1 amide bonds. The highest BCUT2D eigenvalue weighted by Crippen LogP contribution is 2.15. The van der Waals surface area contributed by atoms with Crippen molar-refractivity contribution >= 4 is 11.6 Å². The smallest absolute Gasteiger partial charge is 0.229 e. The molecule has 0 aromatic heterocycles. The van der Waals surface area contributed by atoms with Crippen molar-refractivity contribution in [2.75, 3.05) is 11.9 Å². The first kappa shape index (κ1) is 10.7. The number of anilines is 1. The molecule has 0 spiro atoms. The van der Waals surface area contributed by atoms with E-state index in [4.69, 9.17) is 0 Å². The van der Waals surface area contributed by atoms with Crippen molar-refractivity contribution < 1.29 is 9.18 Å². The van der Waals surface area contributed by atoms with Crippen LogP contribution in [-0.2, 0) is 4.79 Å². The van der Waals surface area contributed by atoms with Gasteiger partial charge in [-0.2, -0.15) is 0 Å². The van der Waals surface area contributed by atoms with Crippen molar-refractivity contribution in [2.45, 2.75) is 13.8 Å². The van der Waals surface area contributed by atoms with Gasteiger partial charge in [-0.3, -0.25) is 4.79 Å². The van der Waals surface area contributed by atoms with E-state index in [2.05, 4.69) is 0 Å². The van der Waals surface area contributed by atoms with Crippen LogP contribution in [0.15, 0.2) is 24.3 Å². The standard InChI is InChI=1S/C11H14FNO/c1-8(2)11(14)13(3)10-6-4-9(12)5-7-10/h4-8H,1-3H3. The first-order valence-corrected chi connectivity index (χ1v) is 4.55. The van der Waals surface area contributed by atoms with Crippen molar-refractivity contribution in [3.63, 3.8) is 0 Å². The lowest BCUT2D eigenvalue weighted by atomic mass is 10.2. The summed E-state index contributed by atoms with van der Waals surface area (Å²) in [5.41, 5.74) is 0.713. The summed E-state index contributed by atoms with van der Waals surface area (Å²) in [5.74, 6) is -0.319. The summed E-state index contributed by atoms with van der Waals surface area (Å²) >= 11 is 0. The summed E-state index contributed by atoms with van der Waals surface area (Å²) in [6.45, 7) is 3.67. The fraction of sp³-hybridized carbons (Fsp3) is 0.364. The van der Waals surface area contributed by atoms with Crippen LogP contribution in [0.5, 0.6) is 0 Å². The Morgan fingerprint density at radius 1 is 1.29 bits per heavy atom. The van der Waals surface area contributed by atoms with Crippen LogP contribution >= 0.6 is 0 Å². The lowest BCUT2D eigenvalue weighted by molar-refractivity contribution is -0.121. The van der Waals surface area contributed by atoms with Gasteiger partial charge in [-0.15, -0.1) is 0 Å². The van der Waals surface area contributed by atoms with E-state index in [1.807, 2.05) is 13.8 Å². The average molecular weight is 195 g/mol. The second-order valence-corrected chi connectivity index (χ2v) is 3.53. The van der Waals surface area contributed by atoms with Gasteiger partial charge in [-0.1, -0.05) is 13.8 Å². The predicted octanol–water partition coefficient (Wildman–Crippen LogP) is 2.44. The summed E-state index contributed by atoms with van der Waals surface area (Å²) in [7, 11) is 1.69. The maximum absolute atomic E-state index is 12.6. The maximum Gasteiger partial charge on any atom is 0.229 e. The van der Waals surface area contributed by atoms with Gasteiger partial charge in [0.2, 0.25) is 5.91 Å². The highest BCUT2D eigenvalue weighted by molar-refractivity contribution is 5.93. The zero-order valence-corrected chi connectivity index (χ0v) is 8.62. The average Bonchev–Trinajstić information content (AvgIpc) is 2.16. The van der Waals surface area contributed by atoms with Gasteiger partial charge in [-0.25, -0.2) is 4.39 Å². The molecule has 1 rings (SSSR count). The first-order chi connectivity index (χ1) is 6.52. The van der Waals surface area contributed by atoms with E-state index in [1.54, 1.807) is 19.2 Å². The zero-order chi connectivity index (χ0) is 10.7. The normalized spacial score (nSPS) is 10.4. The molecule has 0 saturated heterocycles. The molecule has 0 aliphatic rings. The lowest BCUT2D eigenvalue weighted by Crippen LogP contribution is -2.30. The van der Waals surface area contributed by atoms with E-state index in [9.17, 15) is 9.18 Å². The number of carbonyl (C=O) groups excluding carboxylic acids is 1. The Morgan fingerprint density at radius 2 is 1.79 bits per heavy atom. The number of benzene rings is 1. The number of halogens is 1. The van der Waals surface area contributed by atoms with Gasteiger partial charge in [0.05, 0.1) is 0 Å². The number of carbonyl (C=O) groups is 1. The molecular formula is C11H14FNO. The van der Waals surface area contributed by atoms with Crippen LogP contribution in [0.1, 0.15) is 13.8 Å². The lowest BCUT2D eigenvalue weighted by Gasteiger charge is -2.19. The number of nitrogens with zero attached hydrogens (tertiary/aromatic N) is 1. The molecule has 0 N–H and O–H groups in total. The fourth-order valence-electron chi connectivity index (χ4n) is 1.18. The van der Waals surface area contributed by atoms with Gasteiger partial charge in [-0.05, 0) is 24.3 Å². The molecule has 0 aliphatic carbocycles. The second kappa shape index (κ2) is 4.22. The number of amides is 1. The van der Waals surface area contributed by atoms with Crippen LogP contribution in [0.4, 0.5) is 10.1 Å². The number of hydrogen-bond acceptors (Lipinski definition) is 1. The third-order valence-corrected chi connectivity index (χ3v) is 2.04. The molecule has 0 radical (unpaired) electrons. The monoisotopic (exact) mass is 195 g/mol. The molecule has 3 heteroatoms. The minimum atomic E-state index is -0.292.